The van der Waals surface area contributed by atoms with Crippen molar-refractivity contribution in [2.24, 2.45) is 0 Å². The number of nitrogens with zero attached hydrogens (tertiary/aromatic N) is 2. The predicted octanol–water partition coefficient (Wildman–Crippen LogP) is 2.68. The smallest absolute Gasteiger partial charge is 0.149 e. The van der Waals surface area contributed by atoms with Crippen LogP contribution in [0.25, 0.3) is 0 Å². The van der Waals surface area contributed by atoms with Crippen LogP contribution in [0.4, 0.5) is 14.6 Å². The fourth-order valence-corrected chi connectivity index (χ4v) is 1.40. The molecular formula is C12H11F2N3. The molecule has 0 saturated carbocycles. The number of rotatable bonds is 3. The quantitative estimate of drug-likeness (QED) is 0.888. The van der Waals surface area contributed by atoms with Crippen LogP contribution in [0.3, 0.4) is 0 Å². The number of hydrogen-bond donors (Lipinski definition) is 1. The third-order valence-electron chi connectivity index (χ3n) is 2.27. The Morgan fingerprint density at radius 2 is 2.06 bits per heavy atom. The first-order chi connectivity index (χ1) is 8.15. The molecule has 0 atom stereocenters. The summed E-state index contributed by atoms with van der Waals surface area (Å²) in [5, 5.41) is 10.5. The van der Waals surface area contributed by atoms with E-state index in [9.17, 15) is 8.78 Å². The Balaban J connectivity index is 2.07. The minimum Gasteiger partial charge on any atom is -0.364 e. The molecule has 0 aliphatic heterocycles. The molecule has 0 spiro atoms. The Kier molecular flexibility index (Phi) is 3.27. The first-order valence-electron chi connectivity index (χ1n) is 5.12. The molecule has 0 radical (unpaired) electrons. The highest BCUT2D eigenvalue weighted by molar-refractivity contribution is 5.36. The predicted molar refractivity (Wildman–Crippen MR) is 60.5 cm³/mol. The lowest BCUT2D eigenvalue weighted by Gasteiger charge is -2.06. The zero-order valence-electron chi connectivity index (χ0n) is 9.24. The van der Waals surface area contributed by atoms with Crippen molar-refractivity contribution < 1.29 is 8.78 Å². The molecule has 0 aliphatic carbocycles. The van der Waals surface area contributed by atoms with E-state index in [0.29, 0.717) is 11.4 Å². The molecule has 17 heavy (non-hydrogen) atoms. The maximum atomic E-state index is 13.3. The molecule has 2 rings (SSSR count). The molecule has 5 heteroatoms. The lowest BCUT2D eigenvalue weighted by atomic mass is 10.2. The van der Waals surface area contributed by atoms with Gasteiger partial charge in [-0.3, -0.25) is 0 Å². The monoisotopic (exact) mass is 235 g/mol. The van der Waals surface area contributed by atoms with Gasteiger partial charge in [0.25, 0.3) is 0 Å². The SMILES string of the molecule is Cc1cnnc(NCc2ccc(F)cc2F)c1. The van der Waals surface area contributed by atoms with E-state index in [-0.39, 0.29) is 6.54 Å². The minimum absolute atomic E-state index is 0.240. The zero-order chi connectivity index (χ0) is 12.3. The van der Waals surface area contributed by atoms with E-state index in [1.165, 1.54) is 12.1 Å². The van der Waals surface area contributed by atoms with Crippen LogP contribution in [0, 0.1) is 18.6 Å². The molecular weight excluding hydrogens is 224 g/mol. The summed E-state index contributed by atoms with van der Waals surface area (Å²) in [6.07, 6.45) is 1.63. The Bertz CT molecular complexity index is 529. The summed E-state index contributed by atoms with van der Waals surface area (Å²) in [4.78, 5) is 0. The normalized spacial score (nSPS) is 10.3. The van der Waals surface area contributed by atoms with Crippen LogP contribution < -0.4 is 5.32 Å². The van der Waals surface area contributed by atoms with Gasteiger partial charge in [0.2, 0.25) is 0 Å². The second-order valence-electron chi connectivity index (χ2n) is 3.71. The fraction of sp³-hybridized carbons (Fsp3) is 0.167. The van der Waals surface area contributed by atoms with Gasteiger partial charge in [0.15, 0.2) is 0 Å². The van der Waals surface area contributed by atoms with Gasteiger partial charge in [-0.15, -0.1) is 5.10 Å². The van der Waals surface area contributed by atoms with E-state index in [0.717, 1.165) is 11.6 Å². The Hall–Kier alpha value is -2.04. The highest BCUT2D eigenvalue weighted by Gasteiger charge is 2.04. The van der Waals surface area contributed by atoms with Crippen LogP contribution in [0.2, 0.25) is 0 Å². The maximum Gasteiger partial charge on any atom is 0.149 e. The molecule has 1 N–H and O–H groups in total. The number of hydrogen-bond acceptors (Lipinski definition) is 3. The summed E-state index contributed by atoms with van der Waals surface area (Å²) in [7, 11) is 0. The molecule has 0 aliphatic rings. The van der Waals surface area contributed by atoms with E-state index in [1.807, 2.05) is 6.92 Å². The van der Waals surface area contributed by atoms with E-state index in [4.69, 9.17) is 0 Å². The summed E-state index contributed by atoms with van der Waals surface area (Å²) in [5.74, 6) is -0.589. The Labute approximate surface area is 97.5 Å². The number of benzene rings is 1. The first kappa shape index (κ1) is 11.4. The summed E-state index contributed by atoms with van der Waals surface area (Å²) in [5.41, 5.74) is 1.34. The summed E-state index contributed by atoms with van der Waals surface area (Å²) in [6.45, 7) is 2.13. The van der Waals surface area contributed by atoms with Crippen molar-refractivity contribution in [1.29, 1.82) is 0 Å². The van der Waals surface area contributed by atoms with Crippen LogP contribution in [0.15, 0.2) is 30.5 Å². The van der Waals surface area contributed by atoms with E-state index in [1.54, 1.807) is 12.3 Å². The number of aryl methyl sites for hydroxylation is 1. The van der Waals surface area contributed by atoms with Crippen molar-refractivity contribution in [3.63, 3.8) is 0 Å². The zero-order valence-corrected chi connectivity index (χ0v) is 9.24. The average molecular weight is 235 g/mol. The van der Waals surface area contributed by atoms with Crippen molar-refractivity contribution in [1.82, 2.24) is 10.2 Å². The van der Waals surface area contributed by atoms with Gasteiger partial charge in [-0.25, -0.2) is 8.78 Å². The minimum atomic E-state index is -0.582. The van der Waals surface area contributed by atoms with Gasteiger partial charge in [-0.05, 0) is 24.6 Å². The van der Waals surface area contributed by atoms with E-state index in [2.05, 4.69) is 15.5 Å². The molecule has 1 aromatic carbocycles. The van der Waals surface area contributed by atoms with Gasteiger partial charge in [0, 0.05) is 18.2 Å². The standard InChI is InChI=1S/C12H11F2N3/c1-8-4-12(17-16-6-8)15-7-9-2-3-10(13)5-11(9)14/h2-6H,7H2,1H3,(H,15,17). The second kappa shape index (κ2) is 4.86. The largest absolute Gasteiger partial charge is 0.364 e. The highest BCUT2D eigenvalue weighted by Crippen LogP contribution is 2.11. The molecule has 0 bridgehead atoms. The lowest BCUT2D eigenvalue weighted by Crippen LogP contribution is -2.04. The van der Waals surface area contributed by atoms with Gasteiger partial charge >= 0.3 is 0 Å². The number of anilines is 1. The molecule has 1 heterocycles. The van der Waals surface area contributed by atoms with Crippen molar-refractivity contribution >= 4 is 5.82 Å². The van der Waals surface area contributed by atoms with Gasteiger partial charge in [0.05, 0.1) is 6.20 Å². The molecule has 0 saturated heterocycles. The molecule has 88 valence electrons. The van der Waals surface area contributed by atoms with Crippen molar-refractivity contribution in [2.45, 2.75) is 13.5 Å². The number of halogens is 2. The van der Waals surface area contributed by atoms with E-state index >= 15 is 0 Å². The van der Waals surface area contributed by atoms with Crippen LogP contribution >= 0.6 is 0 Å². The fourth-order valence-electron chi connectivity index (χ4n) is 1.40. The first-order valence-corrected chi connectivity index (χ1v) is 5.12. The third kappa shape index (κ3) is 2.96. The molecule has 3 nitrogen and oxygen atoms in total. The van der Waals surface area contributed by atoms with E-state index < -0.39 is 11.6 Å². The third-order valence-corrected chi connectivity index (χ3v) is 2.27. The molecule has 0 amide bonds. The second-order valence-corrected chi connectivity index (χ2v) is 3.71. The van der Waals surface area contributed by atoms with Crippen LogP contribution in [0.1, 0.15) is 11.1 Å². The van der Waals surface area contributed by atoms with Crippen LogP contribution in [-0.2, 0) is 6.54 Å². The Morgan fingerprint density at radius 1 is 1.24 bits per heavy atom. The molecule has 0 unspecified atom stereocenters. The average Bonchev–Trinajstić information content (AvgIpc) is 2.28. The van der Waals surface area contributed by atoms with Crippen LogP contribution in [0.5, 0.6) is 0 Å². The van der Waals surface area contributed by atoms with Gasteiger partial charge < -0.3 is 5.32 Å². The number of aromatic nitrogens is 2. The summed E-state index contributed by atoms with van der Waals surface area (Å²) >= 11 is 0. The van der Waals surface area contributed by atoms with Crippen LogP contribution in [-0.4, -0.2) is 10.2 Å². The van der Waals surface area contributed by atoms with Crippen molar-refractivity contribution in [3.8, 4) is 0 Å². The van der Waals surface area contributed by atoms with Crippen molar-refractivity contribution in [3.05, 3.63) is 53.2 Å². The highest BCUT2D eigenvalue weighted by atomic mass is 19.1. The summed E-state index contributed by atoms with van der Waals surface area (Å²) < 4.78 is 26.0. The number of nitrogens with one attached hydrogen (secondary N) is 1. The Morgan fingerprint density at radius 3 is 2.76 bits per heavy atom. The van der Waals surface area contributed by atoms with Crippen molar-refractivity contribution in [2.75, 3.05) is 5.32 Å². The van der Waals surface area contributed by atoms with Gasteiger partial charge in [-0.1, -0.05) is 6.07 Å². The molecule has 2 aromatic rings. The lowest BCUT2D eigenvalue weighted by molar-refractivity contribution is 0.574. The van der Waals surface area contributed by atoms with Gasteiger partial charge in [0.1, 0.15) is 17.5 Å². The maximum absolute atomic E-state index is 13.3. The summed E-state index contributed by atoms with van der Waals surface area (Å²) in [6, 6.07) is 5.29. The topological polar surface area (TPSA) is 37.8 Å². The molecule has 0 fully saturated rings. The van der Waals surface area contributed by atoms with Gasteiger partial charge in [-0.2, -0.15) is 5.10 Å². The molecule has 1 aromatic heterocycles.